The van der Waals surface area contributed by atoms with Crippen LogP contribution in [-0.2, 0) is 12.8 Å². The number of benzene rings is 2. The quantitative estimate of drug-likeness (QED) is 0.612. The van der Waals surface area contributed by atoms with Crippen LogP contribution in [-0.4, -0.2) is 46.9 Å². The third-order valence-electron chi connectivity index (χ3n) is 4.01. The van der Waals surface area contributed by atoms with Crippen LogP contribution in [0.4, 0.5) is 0 Å². The minimum absolute atomic E-state index is 1.16. The molecule has 2 aromatic rings. The third-order valence-corrected chi connectivity index (χ3v) is 4.01. The molecule has 0 amide bonds. The van der Waals surface area contributed by atoms with Crippen molar-refractivity contribution in [2.45, 2.75) is 32.6 Å². The lowest BCUT2D eigenvalue weighted by molar-refractivity contribution is 0.278. The standard InChI is InChI=1S/C20H27N.BH3O3/c1-2-21(17-9-15-19-11-5-3-6-12-19)18-10-16-20-13-7-4-8-14-20;2-1(3)4/h3-8,11-14H,2,9-10,15-18H2,1H3;2-4H. The van der Waals surface area contributed by atoms with E-state index < -0.39 is 7.32 Å². The molecule has 25 heavy (non-hydrogen) atoms. The van der Waals surface area contributed by atoms with Gasteiger partial charge >= 0.3 is 7.32 Å². The fraction of sp³-hybridized carbons (Fsp3) is 0.400. The normalized spacial score (nSPS) is 10.3. The van der Waals surface area contributed by atoms with Crippen molar-refractivity contribution in [2.75, 3.05) is 19.6 Å². The summed E-state index contributed by atoms with van der Waals surface area (Å²) in [5.41, 5.74) is 2.91. The largest absolute Gasteiger partial charge is 0.631 e. The summed E-state index contributed by atoms with van der Waals surface area (Å²) in [6.45, 7) is 5.84. The molecule has 2 rings (SSSR count). The Bertz CT molecular complexity index is 489. The summed E-state index contributed by atoms with van der Waals surface area (Å²) in [5.74, 6) is 0. The van der Waals surface area contributed by atoms with E-state index in [0.29, 0.717) is 0 Å². The van der Waals surface area contributed by atoms with Gasteiger partial charge in [0.2, 0.25) is 0 Å². The van der Waals surface area contributed by atoms with Crippen molar-refractivity contribution in [3.8, 4) is 0 Å². The molecule has 136 valence electrons. The van der Waals surface area contributed by atoms with Gasteiger partial charge in [-0.3, -0.25) is 0 Å². The number of rotatable bonds is 9. The van der Waals surface area contributed by atoms with Crippen molar-refractivity contribution in [3.05, 3.63) is 71.8 Å². The first-order chi connectivity index (χ1) is 12.1. The van der Waals surface area contributed by atoms with Gasteiger partial charge in [-0.2, -0.15) is 0 Å². The Morgan fingerprint density at radius 3 is 1.40 bits per heavy atom. The monoisotopic (exact) mass is 343 g/mol. The SMILES string of the molecule is CCN(CCCc1ccccc1)CCCc1ccccc1.OB(O)O. The molecule has 0 aliphatic rings. The van der Waals surface area contributed by atoms with Crippen molar-refractivity contribution in [3.63, 3.8) is 0 Å². The zero-order valence-corrected chi connectivity index (χ0v) is 15.1. The molecule has 0 atom stereocenters. The second kappa shape index (κ2) is 13.6. The fourth-order valence-corrected chi connectivity index (χ4v) is 2.73. The van der Waals surface area contributed by atoms with Gasteiger partial charge in [0.15, 0.2) is 0 Å². The number of aryl methyl sites for hydroxylation is 2. The van der Waals surface area contributed by atoms with Crippen LogP contribution in [0.3, 0.4) is 0 Å². The molecule has 0 saturated carbocycles. The highest BCUT2D eigenvalue weighted by molar-refractivity contribution is 6.30. The van der Waals surface area contributed by atoms with Crippen molar-refractivity contribution in [1.82, 2.24) is 4.90 Å². The highest BCUT2D eigenvalue weighted by Crippen LogP contribution is 2.06. The lowest BCUT2D eigenvalue weighted by atomic mass is 10.1. The van der Waals surface area contributed by atoms with Gasteiger partial charge in [-0.1, -0.05) is 67.6 Å². The van der Waals surface area contributed by atoms with Crippen molar-refractivity contribution >= 4 is 7.32 Å². The summed E-state index contributed by atoms with van der Waals surface area (Å²) in [6, 6.07) is 21.6. The summed E-state index contributed by atoms with van der Waals surface area (Å²) >= 11 is 0. The van der Waals surface area contributed by atoms with E-state index in [-0.39, 0.29) is 0 Å². The molecule has 2 aromatic carbocycles. The van der Waals surface area contributed by atoms with Crippen molar-refractivity contribution in [1.29, 1.82) is 0 Å². The van der Waals surface area contributed by atoms with E-state index in [9.17, 15) is 0 Å². The fourth-order valence-electron chi connectivity index (χ4n) is 2.73. The third kappa shape index (κ3) is 11.5. The van der Waals surface area contributed by atoms with E-state index in [2.05, 4.69) is 72.5 Å². The average molecular weight is 343 g/mol. The maximum Gasteiger partial charge on any atom is 0.631 e. The van der Waals surface area contributed by atoms with Crippen molar-refractivity contribution < 1.29 is 15.1 Å². The van der Waals surface area contributed by atoms with Crippen LogP contribution in [0.1, 0.15) is 30.9 Å². The molecule has 0 bridgehead atoms. The van der Waals surface area contributed by atoms with Crippen LogP contribution in [0.2, 0.25) is 0 Å². The molecule has 0 saturated heterocycles. The average Bonchev–Trinajstić information content (AvgIpc) is 2.62. The molecule has 5 heteroatoms. The number of hydrogen-bond acceptors (Lipinski definition) is 4. The number of hydrogen-bond donors (Lipinski definition) is 3. The molecule has 0 radical (unpaired) electrons. The van der Waals surface area contributed by atoms with Gasteiger partial charge in [0.25, 0.3) is 0 Å². The lowest BCUT2D eigenvalue weighted by Crippen LogP contribution is -2.26. The minimum atomic E-state index is -2.17. The predicted molar refractivity (Wildman–Crippen MR) is 104 cm³/mol. The minimum Gasteiger partial charge on any atom is -0.402 e. The Kier molecular flexibility index (Phi) is 11.6. The Morgan fingerprint density at radius 2 is 1.08 bits per heavy atom. The van der Waals surface area contributed by atoms with Gasteiger partial charge in [-0.25, -0.2) is 0 Å². The maximum absolute atomic E-state index is 7.17. The Balaban J connectivity index is 0.000000705. The summed E-state index contributed by atoms with van der Waals surface area (Å²) in [5, 5.41) is 21.5. The summed E-state index contributed by atoms with van der Waals surface area (Å²) in [4.78, 5) is 2.58. The topological polar surface area (TPSA) is 63.9 Å². The first-order valence-corrected chi connectivity index (χ1v) is 8.96. The summed E-state index contributed by atoms with van der Waals surface area (Å²) in [6.07, 6.45) is 4.89. The van der Waals surface area contributed by atoms with E-state index in [1.165, 1.54) is 49.9 Å². The molecular formula is C20H30BNO3. The van der Waals surface area contributed by atoms with Crippen LogP contribution in [0.15, 0.2) is 60.7 Å². The molecule has 0 unspecified atom stereocenters. The van der Waals surface area contributed by atoms with Crippen LogP contribution in [0.25, 0.3) is 0 Å². The Morgan fingerprint density at radius 1 is 0.720 bits per heavy atom. The second-order valence-electron chi connectivity index (χ2n) is 5.96. The first kappa shape index (κ1) is 21.4. The zero-order valence-electron chi connectivity index (χ0n) is 15.1. The van der Waals surface area contributed by atoms with Crippen LogP contribution >= 0.6 is 0 Å². The smallest absolute Gasteiger partial charge is 0.402 e. The zero-order chi connectivity index (χ0) is 18.3. The molecule has 0 aliphatic carbocycles. The van der Waals surface area contributed by atoms with Gasteiger partial charge in [0.05, 0.1) is 0 Å². The van der Waals surface area contributed by atoms with Gasteiger partial charge in [0, 0.05) is 0 Å². The van der Waals surface area contributed by atoms with E-state index in [1.54, 1.807) is 0 Å². The molecule has 0 aliphatic heterocycles. The molecular weight excluding hydrogens is 313 g/mol. The van der Waals surface area contributed by atoms with E-state index in [0.717, 1.165) is 6.54 Å². The molecule has 0 fully saturated rings. The van der Waals surface area contributed by atoms with E-state index >= 15 is 0 Å². The van der Waals surface area contributed by atoms with Gasteiger partial charge in [-0.05, 0) is 56.4 Å². The first-order valence-electron chi connectivity index (χ1n) is 8.96. The van der Waals surface area contributed by atoms with E-state index in [4.69, 9.17) is 15.1 Å². The second-order valence-corrected chi connectivity index (χ2v) is 5.96. The Hall–Kier alpha value is -1.66. The van der Waals surface area contributed by atoms with Gasteiger partial charge < -0.3 is 20.0 Å². The summed E-state index contributed by atoms with van der Waals surface area (Å²) < 4.78 is 0. The van der Waals surface area contributed by atoms with Crippen LogP contribution < -0.4 is 0 Å². The molecule has 0 aromatic heterocycles. The lowest BCUT2D eigenvalue weighted by Gasteiger charge is -2.20. The highest BCUT2D eigenvalue weighted by atomic mass is 16.5. The molecule has 0 heterocycles. The maximum atomic E-state index is 7.17. The van der Waals surface area contributed by atoms with E-state index in [1.807, 2.05) is 0 Å². The van der Waals surface area contributed by atoms with Crippen molar-refractivity contribution in [2.24, 2.45) is 0 Å². The summed E-state index contributed by atoms with van der Waals surface area (Å²) in [7, 11) is -2.17. The number of nitrogens with zero attached hydrogens (tertiary/aromatic N) is 1. The molecule has 4 nitrogen and oxygen atoms in total. The molecule has 3 N–H and O–H groups in total. The van der Waals surface area contributed by atoms with Gasteiger partial charge in [0.1, 0.15) is 0 Å². The van der Waals surface area contributed by atoms with Crippen LogP contribution in [0, 0.1) is 0 Å². The van der Waals surface area contributed by atoms with Crippen LogP contribution in [0.5, 0.6) is 0 Å². The van der Waals surface area contributed by atoms with Gasteiger partial charge in [-0.15, -0.1) is 0 Å². The Labute approximate surface area is 151 Å². The molecule has 0 spiro atoms. The highest BCUT2D eigenvalue weighted by Gasteiger charge is 2.02. The predicted octanol–water partition coefficient (Wildman–Crippen LogP) is 2.52.